The highest BCUT2D eigenvalue weighted by atomic mass is 16.6. The molecule has 2 fully saturated rings. The van der Waals surface area contributed by atoms with Gasteiger partial charge in [0.15, 0.2) is 5.43 Å². The maximum atomic E-state index is 12.9. The molecule has 29 heavy (non-hydrogen) atoms. The summed E-state index contributed by atoms with van der Waals surface area (Å²) >= 11 is 0. The van der Waals surface area contributed by atoms with Crippen LogP contribution in [-0.2, 0) is 6.42 Å². The maximum Gasteiger partial charge on any atom is 0.292 e. The minimum Gasteiger partial charge on any atom is -0.458 e. The van der Waals surface area contributed by atoms with Gasteiger partial charge in [0.2, 0.25) is 0 Å². The van der Waals surface area contributed by atoms with E-state index in [-0.39, 0.29) is 33.9 Å². The third kappa shape index (κ3) is 3.11. The van der Waals surface area contributed by atoms with Gasteiger partial charge in [-0.1, -0.05) is 39.0 Å². The van der Waals surface area contributed by atoms with Crippen molar-refractivity contribution in [1.82, 2.24) is 0 Å². The molecule has 0 aromatic carbocycles. The van der Waals surface area contributed by atoms with Crippen LogP contribution in [0.15, 0.2) is 33.5 Å². The molecule has 1 N–H and O–H groups in total. The van der Waals surface area contributed by atoms with Crippen molar-refractivity contribution in [3.8, 4) is 5.95 Å². The smallest absolute Gasteiger partial charge is 0.292 e. The van der Waals surface area contributed by atoms with Crippen molar-refractivity contribution in [1.29, 1.82) is 0 Å². The topological polar surface area (TPSA) is 59.7 Å². The quantitative estimate of drug-likeness (QED) is 0.701. The molecule has 2 saturated carbocycles. The van der Waals surface area contributed by atoms with Gasteiger partial charge in [-0.25, -0.2) is 0 Å². The fourth-order valence-corrected chi connectivity index (χ4v) is 6.61. The molecule has 0 radical (unpaired) electrons. The first-order valence-electron chi connectivity index (χ1n) is 11.0. The summed E-state index contributed by atoms with van der Waals surface area (Å²) in [5, 5.41) is 10.7. The Bertz CT molecular complexity index is 908. The highest BCUT2D eigenvalue weighted by molar-refractivity contribution is 5.47. The van der Waals surface area contributed by atoms with E-state index in [4.69, 9.17) is 9.15 Å². The molecule has 1 aromatic heterocycles. The molecule has 0 amide bonds. The number of hydrogen-bond donors (Lipinski definition) is 1. The van der Waals surface area contributed by atoms with Crippen molar-refractivity contribution >= 4 is 6.08 Å². The van der Waals surface area contributed by atoms with Crippen molar-refractivity contribution in [3.63, 3.8) is 0 Å². The van der Waals surface area contributed by atoms with Gasteiger partial charge in [-0.2, -0.15) is 0 Å². The standard InChI is InChI=1S/C25H34O4/c1-6-7-8-9-16-14-18(26)17-15-20-24(4)12-11-21(27)23(2,3)19(24)10-13-25(20,5)29-22(17)28-16/h6-9,14,19-21,27H,10-13,15H2,1-5H3. The zero-order chi connectivity index (χ0) is 21.0. The van der Waals surface area contributed by atoms with Gasteiger partial charge in [-0.3, -0.25) is 4.79 Å². The first-order chi connectivity index (χ1) is 13.6. The fraction of sp³-hybridized carbons (Fsp3) is 0.640. The molecule has 4 heteroatoms. The molecule has 2 aliphatic carbocycles. The van der Waals surface area contributed by atoms with Crippen molar-refractivity contribution in [2.45, 2.75) is 78.4 Å². The van der Waals surface area contributed by atoms with Gasteiger partial charge < -0.3 is 14.3 Å². The zero-order valence-electron chi connectivity index (χ0n) is 18.3. The maximum absolute atomic E-state index is 12.9. The van der Waals surface area contributed by atoms with E-state index in [0.717, 1.165) is 25.7 Å². The van der Waals surface area contributed by atoms with Crippen LogP contribution in [0.1, 0.15) is 71.6 Å². The highest BCUT2D eigenvalue weighted by Gasteiger charge is 2.62. The predicted molar refractivity (Wildman–Crippen MR) is 115 cm³/mol. The van der Waals surface area contributed by atoms with Crippen LogP contribution in [0, 0.1) is 22.7 Å². The van der Waals surface area contributed by atoms with E-state index in [0.29, 0.717) is 29.6 Å². The molecule has 4 rings (SSSR count). The minimum atomic E-state index is -0.349. The predicted octanol–water partition coefficient (Wildman–Crippen LogP) is 5.14. The molecule has 158 valence electrons. The Morgan fingerprint density at radius 3 is 2.59 bits per heavy atom. The molecule has 0 bridgehead atoms. The SMILES string of the molecule is CC=CC=Cc1cc(=O)c2c(o1)OC1(C)CCC3C(C)(C)C(O)CCC3(C)C1C2. The van der Waals surface area contributed by atoms with E-state index in [2.05, 4.69) is 27.7 Å². The Labute approximate surface area is 173 Å². The summed E-state index contributed by atoms with van der Waals surface area (Å²) in [5.41, 5.74) is 0.222. The molecule has 0 spiro atoms. The summed E-state index contributed by atoms with van der Waals surface area (Å²) in [6, 6.07) is 1.57. The van der Waals surface area contributed by atoms with Crippen LogP contribution in [0.2, 0.25) is 0 Å². The number of ether oxygens (including phenoxy) is 1. The first-order valence-corrected chi connectivity index (χ1v) is 11.0. The molecule has 4 nitrogen and oxygen atoms in total. The van der Waals surface area contributed by atoms with Gasteiger partial charge in [0.05, 0.1) is 11.7 Å². The van der Waals surface area contributed by atoms with Crippen molar-refractivity contribution in [2.75, 3.05) is 0 Å². The Balaban J connectivity index is 1.74. The largest absolute Gasteiger partial charge is 0.458 e. The number of aliphatic hydroxyl groups excluding tert-OH is 1. The zero-order valence-corrected chi connectivity index (χ0v) is 18.3. The number of aliphatic hydroxyl groups is 1. The van der Waals surface area contributed by atoms with Crippen LogP contribution >= 0.6 is 0 Å². The Kier molecular flexibility index (Phi) is 4.85. The number of rotatable bonds is 2. The summed E-state index contributed by atoms with van der Waals surface area (Å²) < 4.78 is 12.5. The van der Waals surface area contributed by atoms with Gasteiger partial charge in [0.1, 0.15) is 11.4 Å². The normalized spacial score (nSPS) is 38.3. The van der Waals surface area contributed by atoms with Crippen LogP contribution in [0.3, 0.4) is 0 Å². The lowest BCUT2D eigenvalue weighted by Crippen LogP contribution is -2.63. The number of hydrogen-bond acceptors (Lipinski definition) is 4. The highest BCUT2D eigenvalue weighted by Crippen LogP contribution is 2.64. The van der Waals surface area contributed by atoms with Crippen molar-refractivity contribution in [3.05, 3.63) is 45.8 Å². The van der Waals surface area contributed by atoms with Crippen LogP contribution < -0.4 is 10.2 Å². The first kappa shape index (κ1) is 20.5. The van der Waals surface area contributed by atoms with Gasteiger partial charge in [0, 0.05) is 12.0 Å². The average molecular weight is 399 g/mol. The number of allylic oxidation sites excluding steroid dienone is 3. The molecular weight excluding hydrogens is 364 g/mol. The lowest BCUT2D eigenvalue weighted by Gasteiger charge is -2.63. The monoisotopic (exact) mass is 398 g/mol. The van der Waals surface area contributed by atoms with Crippen molar-refractivity contribution < 1.29 is 14.3 Å². The second-order valence-electron chi connectivity index (χ2n) is 10.3. The Hall–Kier alpha value is -1.81. The third-order valence-corrected chi connectivity index (χ3v) is 8.30. The van der Waals surface area contributed by atoms with Crippen LogP contribution in [0.4, 0.5) is 0 Å². The summed E-state index contributed by atoms with van der Waals surface area (Å²) in [6.45, 7) is 10.9. The van der Waals surface area contributed by atoms with E-state index < -0.39 is 0 Å². The average Bonchev–Trinajstić information content (AvgIpc) is 2.64. The van der Waals surface area contributed by atoms with Gasteiger partial charge >= 0.3 is 0 Å². The molecular formula is C25H34O4. The van der Waals surface area contributed by atoms with E-state index in [1.165, 1.54) is 0 Å². The lowest BCUT2D eigenvalue weighted by molar-refractivity contribution is -0.195. The molecule has 0 saturated heterocycles. The third-order valence-electron chi connectivity index (χ3n) is 8.30. The van der Waals surface area contributed by atoms with E-state index in [1.807, 2.05) is 25.2 Å². The van der Waals surface area contributed by atoms with E-state index >= 15 is 0 Å². The Morgan fingerprint density at radius 2 is 1.86 bits per heavy atom. The van der Waals surface area contributed by atoms with Crippen LogP contribution in [-0.4, -0.2) is 16.8 Å². The second kappa shape index (κ2) is 6.87. The summed E-state index contributed by atoms with van der Waals surface area (Å²) in [7, 11) is 0. The van der Waals surface area contributed by atoms with E-state index in [9.17, 15) is 9.90 Å². The van der Waals surface area contributed by atoms with Crippen LogP contribution in [0.25, 0.3) is 6.08 Å². The number of fused-ring (bicyclic) bond motifs is 4. The molecule has 2 heterocycles. The minimum absolute atomic E-state index is 0.00532. The van der Waals surface area contributed by atoms with Gasteiger partial charge in [0.25, 0.3) is 5.95 Å². The van der Waals surface area contributed by atoms with Gasteiger partial charge in [-0.05, 0) is 68.8 Å². The Morgan fingerprint density at radius 1 is 1.10 bits per heavy atom. The lowest BCUT2D eigenvalue weighted by atomic mass is 9.44. The molecule has 1 aromatic rings. The molecule has 5 atom stereocenters. The fourth-order valence-electron chi connectivity index (χ4n) is 6.61. The second-order valence-corrected chi connectivity index (χ2v) is 10.3. The molecule has 1 aliphatic heterocycles. The van der Waals surface area contributed by atoms with Crippen LogP contribution in [0.5, 0.6) is 5.95 Å². The summed E-state index contributed by atoms with van der Waals surface area (Å²) in [4.78, 5) is 12.9. The summed E-state index contributed by atoms with van der Waals surface area (Å²) in [5.74, 6) is 1.57. The van der Waals surface area contributed by atoms with E-state index in [1.54, 1.807) is 12.1 Å². The van der Waals surface area contributed by atoms with Gasteiger partial charge in [-0.15, -0.1) is 0 Å². The molecule has 5 unspecified atom stereocenters. The molecule has 3 aliphatic rings. The summed E-state index contributed by atoms with van der Waals surface area (Å²) in [6.07, 6.45) is 11.6. The van der Waals surface area contributed by atoms with Crippen molar-refractivity contribution in [2.24, 2.45) is 22.7 Å².